The minimum absolute atomic E-state index is 0.458. The molecule has 1 spiro atoms. The Morgan fingerprint density at radius 1 is 1.25 bits per heavy atom. The lowest BCUT2D eigenvalue weighted by Crippen LogP contribution is -2.47. The largest absolute Gasteiger partial charge is 0.303 e. The van der Waals surface area contributed by atoms with E-state index < -0.39 is 0 Å². The van der Waals surface area contributed by atoms with Gasteiger partial charge in [0.05, 0.1) is 4.87 Å². The van der Waals surface area contributed by atoms with Crippen LogP contribution in [0.25, 0.3) is 0 Å². The molecular formula is C14H27NS. The molecule has 2 rings (SSSR count). The van der Waals surface area contributed by atoms with Gasteiger partial charge in [-0.05, 0) is 38.1 Å². The summed E-state index contributed by atoms with van der Waals surface area (Å²) in [5.74, 6) is 1.02. The molecule has 2 heteroatoms. The van der Waals surface area contributed by atoms with Crippen LogP contribution in [-0.2, 0) is 0 Å². The predicted molar refractivity (Wildman–Crippen MR) is 73.9 cm³/mol. The minimum atomic E-state index is 0.458. The van der Waals surface area contributed by atoms with Crippen LogP contribution in [0, 0.1) is 5.92 Å². The highest BCUT2D eigenvalue weighted by Gasteiger charge is 2.36. The Hall–Kier alpha value is 0.310. The lowest BCUT2D eigenvalue weighted by Gasteiger charge is -2.40. The Morgan fingerprint density at radius 2 is 2.12 bits per heavy atom. The predicted octanol–water partition coefficient (Wildman–Crippen LogP) is 4.18. The van der Waals surface area contributed by atoms with Gasteiger partial charge in [-0.2, -0.15) is 0 Å². The molecule has 94 valence electrons. The normalized spacial score (nSPS) is 40.9. The molecule has 1 aliphatic carbocycles. The second-order valence-electron chi connectivity index (χ2n) is 5.72. The van der Waals surface area contributed by atoms with Crippen molar-refractivity contribution in [2.24, 2.45) is 5.92 Å². The fourth-order valence-corrected chi connectivity index (χ4v) is 5.05. The van der Waals surface area contributed by atoms with Crippen LogP contribution in [0.15, 0.2) is 0 Å². The van der Waals surface area contributed by atoms with Crippen LogP contribution in [0.5, 0.6) is 0 Å². The lowest BCUT2D eigenvalue weighted by atomic mass is 9.95. The van der Waals surface area contributed by atoms with Crippen LogP contribution in [-0.4, -0.2) is 16.7 Å². The van der Waals surface area contributed by atoms with Crippen molar-refractivity contribution in [1.82, 2.24) is 5.32 Å². The monoisotopic (exact) mass is 241 g/mol. The van der Waals surface area contributed by atoms with Crippen LogP contribution in [0.3, 0.4) is 0 Å². The topological polar surface area (TPSA) is 12.0 Å². The molecule has 2 fully saturated rings. The Balaban J connectivity index is 1.91. The van der Waals surface area contributed by atoms with Crippen molar-refractivity contribution in [2.75, 3.05) is 6.54 Å². The first kappa shape index (κ1) is 12.8. The van der Waals surface area contributed by atoms with Crippen molar-refractivity contribution in [3.8, 4) is 0 Å². The zero-order chi connectivity index (χ0) is 11.4. The minimum Gasteiger partial charge on any atom is -0.303 e. The number of rotatable bonds is 2. The van der Waals surface area contributed by atoms with Crippen molar-refractivity contribution in [3.05, 3.63) is 0 Å². The lowest BCUT2D eigenvalue weighted by molar-refractivity contribution is 0.378. The van der Waals surface area contributed by atoms with E-state index in [-0.39, 0.29) is 0 Å². The summed E-state index contributed by atoms with van der Waals surface area (Å²) < 4.78 is 0. The average molecular weight is 241 g/mol. The molecule has 2 aliphatic rings. The summed E-state index contributed by atoms with van der Waals surface area (Å²) in [7, 11) is 0. The van der Waals surface area contributed by atoms with Gasteiger partial charge in [0.15, 0.2) is 0 Å². The van der Waals surface area contributed by atoms with Gasteiger partial charge in [-0.15, -0.1) is 11.8 Å². The van der Waals surface area contributed by atoms with Gasteiger partial charge in [0.2, 0.25) is 0 Å². The number of hydrogen-bond acceptors (Lipinski definition) is 2. The van der Waals surface area contributed by atoms with Crippen molar-refractivity contribution >= 4 is 11.8 Å². The van der Waals surface area contributed by atoms with E-state index in [2.05, 4.69) is 30.9 Å². The molecule has 0 bridgehead atoms. The maximum atomic E-state index is 3.83. The molecule has 1 N–H and O–H groups in total. The molecule has 0 aromatic rings. The zero-order valence-electron chi connectivity index (χ0n) is 10.9. The molecule has 1 saturated heterocycles. The average Bonchev–Trinajstić information content (AvgIpc) is 2.43. The Morgan fingerprint density at radius 3 is 2.88 bits per heavy atom. The van der Waals surface area contributed by atoms with Crippen molar-refractivity contribution in [2.45, 2.75) is 75.3 Å². The van der Waals surface area contributed by atoms with Crippen LogP contribution in [0.2, 0.25) is 0 Å². The van der Waals surface area contributed by atoms with Gasteiger partial charge in [-0.25, -0.2) is 0 Å². The third-order valence-corrected chi connectivity index (χ3v) is 5.91. The number of thioether (sulfide) groups is 1. The van der Waals surface area contributed by atoms with Crippen molar-refractivity contribution < 1.29 is 0 Å². The van der Waals surface area contributed by atoms with Crippen LogP contribution < -0.4 is 5.32 Å². The van der Waals surface area contributed by atoms with E-state index in [1.807, 2.05) is 0 Å². The summed E-state index contributed by atoms with van der Waals surface area (Å²) in [6, 6.07) is 0. The highest BCUT2D eigenvalue weighted by Crippen LogP contribution is 2.43. The Kier molecular flexibility index (Phi) is 4.60. The Bertz CT molecular complexity index is 219. The first-order valence-electron chi connectivity index (χ1n) is 7.17. The van der Waals surface area contributed by atoms with Gasteiger partial charge in [-0.3, -0.25) is 0 Å². The van der Waals surface area contributed by atoms with Gasteiger partial charge < -0.3 is 5.32 Å². The fraction of sp³-hybridized carbons (Fsp3) is 1.00. The third-order valence-electron chi connectivity index (χ3n) is 4.27. The Labute approximate surface area is 105 Å². The second-order valence-corrected chi connectivity index (χ2v) is 7.55. The molecule has 1 saturated carbocycles. The van der Waals surface area contributed by atoms with Gasteiger partial charge >= 0.3 is 0 Å². The zero-order valence-corrected chi connectivity index (χ0v) is 11.7. The molecule has 0 radical (unpaired) electrons. The molecule has 16 heavy (non-hydrogen) atoms. The standard InChI is InChI=1S/C14H27NS/c1-3-5-13-6-4-9-14(10-7-13)15-11-8-12(2)16-14/h12-13,15H,3-11H2,1-2H3. The fourth-order valence-electron chi connectivity index (χ4n) is 3.36. The molecule has 3 unspecified atom stereocenters. The van der Waals surface area contributed by atoms with Gasteiger partial charge in [0, 0.05) is 5.25 Å². The maximum Gasteiger partial charge on any atom is 0.0648 e. The van der Waals surface area contributed by atoms with Crippen LogP contribution in [0.1, 0.15) is 65.2 Å². The van der Waals surface area contributed by atoms with Crippen molar-refractivity contribution in [1.29, 1.82) is 0 Å². The molecule has 3 atom stereocenters. The summed E-state index contributed by atoms with van der Waals surface area (Å²) >= 11 is 2.23. The summed E-state index contributed by atoms with van der Waals surface area (Å²) in [6.07, 6.45) is 11.4. The van der Waals surface area contributed by atoms with Crippen molar-refractivity contribution in [3.63, 3.8) is 0 Å². The molecular weight excluding hydrogens is 214 g/mol. The first-order chi connectivity index (χ1) is 7.74. The third kappa shape index (κ3) is 3.16. The molecule has 0 aromatic heterocycles. The SMILES string of the molecule is CCCC1CCCC2(CC1)NCCC(C)S2. The van der Waals surface area contributed by atoms with E-state index in [9.17, 15) is 0 Å². The van der Waals surface area contributed by atoms with Gasteiger partial charge in [-0.1, -0.05) is 39.5 Å². The maximum absolute atomic E-state index is 3.83. The van der Waals surface area contributed by atoms with E-state index >= 15 is 0 Å². The highest BCUT2D eigenvalue weighted by atomic mass is 32.2. The number of nitrogens with one attached hydrogen (secondary N) is 1. The summed E-state index contributed by atoms with van der Waals surface area (Å²) in [5, 5.41) is 4.70. The molecule has 1 nitrogen and oxygen atoms in total. The first-order valence-corrected chi connectivity index (χ1v) is 8.05. The van der Waals surface area contributed by atoms with E-state index in [1.54, 1.807) is 0 Å². The van der Waals surface area contributed by atoms with E-state index in [0.29, 0.717) is 4.87 Å². The second kappa shape index (κ2) is 5.77. The summed E-state index contributed by atoms with van der Waals surface area (Å²) in [6.45, 7) is 5.98. The van der Waals surface area contributed by atoms with E-state index in [1.165, 1.54) is 57.9 Å². The highest BCUT2D eigenvalue weighted by molar-refractivity contribution is 8.01. The summed E-state index contributed by atoms with van der Waals surface area (Å²) in [4.78, 5) is 0.458. The summed E-state index contributed by atoms with van der Waals surface area (Å²) in [5.41, 5.74) is 0. The van der Waals surface area contributed by atoms with Gasteiger partial charge in [0.1, 0.15) is 0 Å². The molecule has 1 heterocycles. The quantitative estimate of drug-likeness (QED) is 0.778. The molecule has 1 aliphatic heterocycles. The van der Waals surface area contributed by atoms with Gasteiger partial charge in [0.25, 0.3) is 0 Å². The number of hydrogen-bond donors (Lipinski definition) is 1. The van der Waals surface area contributed by atoms with Crippen LogP contribution >= 0.6 is 11.8 Å². The molecule has 0 aromatic carbocycles. The molecule has 0 amide bonds. The van der Waals surface area contributed by atoms with Crippen LogP contribution in [0.4, 0.5) is 0 Å². The van der Waals surface area contributed by atoms with E-state index in [4.69, 9.17) is 0 Å². The van der Waals surface area contributed by atoms with E-state index in [0.717, 1.165) is 11.2 Å². The smallest absolute Gasteiger partial charge is 0.0648 e.